The van der Waals surface area contributed by atoms with Crippen molar-refractivity contribution in [2.45, 2.75) is 12.8 Å². The third kappa shape index (κ3) is 2.49. The van der Waals surface area contributed by atoms with Gasteiger partial charge in [-0.15, -0.1) is 0 Å². The van der Waals surface area contributed by atoms with Crippen molar-refractivity contribution >= 4 is 10.9 Å². The van der Waals surface area contributed by atoms with Gasteiger partial charge in [0.15, 0.2) is 11.6 Å². The van der Waals surface area contributed by atoms with Gasteiger partial charge >= 0.3 is 0 Å². The molecule has 0 amide bonds. The molecule has 1 aliphatic carbocycles. The first-order valence-corrected chi connectivity index (χ1v) is 7.17. The van der Waals surface area contributed by atoms with E-state index in [0.717, 1.165) is 10.9 Å². The Morgan fingerprint density at radius 2 is 2.05 bits per heavy atom. The summed E-state index contributed by atoms with van der Waals surface area (Å²) >= 11 is 0. The zero-order valence-corrected chi connectivity index (χ0v) is 11.5. The first kappa shape index (κ1) is 12.4. The molecule has 3 nitrogen and oxygen atoms in total. The van der Waals surface area contributed by atoms with E-state index in [9.17, 15) is 4.39 Å². The van der Waals surface area contributed by atoms with Gasteiger partial charge in [-0.05, 0) is 37.0 Å². The summed E-state index contributed by atoms with van der Waals surface area (Å²) in [4.78, 5) is 0. The first-order chi connectivity index (χ1) is 10.3. The average Bonchev–Trinajstić information content (AvgIpc) is 3.22. The van der Waals surface area contributed by atoms with Crippen LogP contribution >= 0.6 is 0 Å². The highest BCUT2D eigenvalue weighted by Gasteiger charge is 2.22. The summed E-state index contributed by atoms with van der Waals surface area (Å²) in [6, 6.07) is 12.8. The number of halogens is 1. The Balaban J connectivity index is 1.63. The fourth-order valence-corrected chi connectivity index (χ4v) is 2.34. The Bertz CT molecular complexity index is 759. The van der Waals surface area contributed by atoms with Crippen LogP contribution in [0.4, 0.5) is 4.39 Å². The molecule has 21 heavy (non-hydrogen) atoms. The number of aromatic nitrogens is 2. The second-order valence-corrected chi connectivity index (χ2v) is 5.50. The van der Waals surface area contributed by atoms with Crippen LogP contribution < -0.4 is 4.74 Å². The zero-order valence-electron chi connectivity index (χ0n) is 11.5. The summed E-state index contributed by atoms with van der Waals surface area (Å²) in [7, 11) is 0. The van der Waals surface area contributed by atoms with Gasteiger partial charge in [-0.2, -0.15) is 5.10 Å². The summed E-state index contributed by atoms with van der Waals surface area (Å²) in [6.07, 6.45) is 4.29. The summed E-state index contributed by atoms with van der Waals surface area (Å²) in [5, 5.41) is 5.48. The number of hydrogen-bond donors (Lipinski definition) is 0. The molecule has 1 saturated carbocycles. The van der Waals surface area contributed by atoms with Crippen LogP contribution in [0.15, 0.2) is 48.7 Å². The predicted octanol–water partition coefficient (Wildman–Crippen LogP) is 3.95. The summed E-state index contributed by atoms with van der Waals surface area (Å²) in [6.45, 7) is 0.613. The van der Waals surface area contributed by atoms with E-state index in [-0.39, 0.29) is 5.82 Å². The maximum atomic E-state index is 14.1. The van der Waals surface area contributed by atoms with Gasteiger partial charge in [0.05, 0.1) is 17.8 Å². The van der Waals surface area contributed by atoms with Crippen molar-refractivity contribution in [3.8, 4) is 11.4 Å². The van der Waals surface area contributed by atoms with Crippen LogP contribution in [-0.2, 0) is 0 Å². The normalized spacial score (nSPS) is 14.5. The summed E-state index contributed by atoms with van der Waals surface area (Å²) in [5.74, 6) is 0.593. The molecule has 2 aromatic carbocycles. The monoisotopic (exact) mass is 282 g/mol. The van der Waals surface area contributed by atoms with Gasteiger partial charge in [0.2, 0.25) is 0 Å². The molecule has 0 bridgehead atoms. The Labute approximate surface area is 122 Å². The third-order valence-corrected chi connectivity index (χ3v) is 3.77. The minimum Gasteiger partial charge on any atom is -0.490 e. The molecule has 1 aromatic heterocycles. The quantitative estimate of drug-likeness (QED) is 0.724. The minimum atomic E-state index is -0.340. The van der Waals surface area contributed by atoms with E-state index >= 15 is 0 Å². The van der Waals surface area contributed by atoms with Crippen molar-refractivity contribution in [2.75, 3.05) is 6.61 Å². The Kier molecular flexibility index (Phi) is 2.88. The largest absolute Gasteiger partial charge is 0.490 e. The SMILES string of the molecule is Fc1cc(-n2cc3ccccc3n2)ccc1OCC1CC1. The molecule has 0 N–H and O–H groups in total. The van der Waals surface area contributed by atoms with Crippen LogP contribution in [0, 0.1) is 11.7 Å². The van der Waals surface area contributed by atoms with Gasteiger partial charge < -0.3 is 4.74 Å². The summed E-state index contributed by atoms with van der Waals surface area (Å²) in [5.41, 5.74) is 1.59. The average molecular weight is 282 g/mol. The van der Waals surface area contributed by atoms with Crippen LogP contribution in [0.5, 0.6) is 5.75 Å². The minimum absolute atomic E-state index is 0.322. The van der Waals surface area contributed by atoms with Gasteiger partial charge in [-0.1, -0.05) is 18.2 Å². The lowest BCUT2D eigenvalue weighted by molar-refractivity contribution is 0.285. The smallest absolute Gasteiger partial charge is 0.167 e. The number of nitrogens with zero attached hydrogens (tertiary/aromatic N) is 2. The number of rotatable bonds is 4. The van der Waals surface area contributed by atoms with Crippen molar-refractivity contribution in [1.82, 2.24) is 9.78 Å². The van der Waals surface area contributed by atoms with Crippen LogP contribution in [0.1, 0.15) is 12.8 Å². The van der Waals surface area contributed by atoms with Crippen molar-refractivity contribution in [2.24, 2.45) is 5.92 Å². The fourth-order valence-electron chi connectivity index (χ4n) is 2.34. The molecule has 0 saturated heterocycles. The maximum Gasteiger partial charge on any atom is 0.167 e. The molecule has 0 atom stereocenters. The van der Waals surface area contributed by atoms with Gasteiger partial charge in [-0.3, -0.25) is 0 Å². The molecule has 1 aliphatic rings. The maximum absolute atomic E-state index is 14.1. The van der Waals surface area contributed by atoms with Gasteiger partial charge in [0.1, 0.15) is 0 Å². The van der Waals surface area contributed by atoms with E-state index in [1.807, 2.05) is 36.5 Å². The molecular weight excluding hydrogens is 267 g/mol. The Morgan fingerprint density at radius 3 is 2.81 bits per heavy atom. The molecular formula is C17H15FN2O. The molecule has 0 aliphatic heterocycles. The highest BCUT2D eigenvalue weighted by molar-refractivity contribution is 5.78. The number of benzene rings is 2. The van der Waals surface area contributed by atoms with Crippen LogP contribution in [0.3, 0.4) is 0 Å². The second-order valence-electron chi connectivity index (χ2n) is 5.50. The molecule has 0 unspecified atom stereocenters. The number of fused-ring (bicyclic) bond motifs is 1. The lowest BCUT2D eigenvalue weighted by atomic mass is 10.2. The molecule has 0 radical (unpaired) electrons. The van der Waals surface area contributed by atoms with Crippen molar-refractivity contribution < 1.29 is 9.13 Å². The second kappa shape index (κ2) is 4.88. The van der Waals surface area contributed by atoms with Crippen LogP contribution in [-0.4, -0.2) is 16.4 Å². The van der Waals surface area contributed by atoms with Gasteiger partial charge in [0.25, 0.3) is 0 Å². The van der Waals surface area contributed by atoms with Crippen LogP contribution in [0.2, 0.25) is 0 Å². The Hall–Kier alpha value is -2.36. The van der Waals surface area contributed by atoms with E-state index in [2.05, 4.69) is 5.10 Å². The van der Waals surface area contributed by atoms with Crippen molar-refractivity contribution in [3.63, 3.8) is 0 Å². The van der Waals surface area contributed by atoms with E-state index < -0.39 is 0 Å². The molecule has 4 rings (SSSR count). The highest BCUT2D eigenvalue weighted by atomic mass is 19.1. The van der Waals surface area contributed by atoms with E-state index in [1.165, 1.54) is 18.9 Å². The molecule has 1 heterocycles. The number of ether oxygens (including phenoxy) is 1. The topological polar surface area (TPSA) is 27.1 Å². The first-order valence-electron chi connectivity index (χ1n) is 7.17. The lowest BCUT2D eigenvalue weighted by Gasteiger charge is -2.08. The molecule has 3 aromatic rings. The molecule has 1 fully saturated rings. The fraction of sp³-hybridized carbons (Fsp3) is 0.235. The standard InChI is InChI=1S/C17H15FN2O/c18-15-9-14(7-8-17(15)21-11-12-5-6-12)20-10-13-3-1-2-4-16(13)19-20/h1-4,7-10,12H,5-6,11H2. The van der Waals surface area contributed by atoms with Gasteiger partial charge in [-0.25, -0.2) is 9.07 Å². The van der Waals surface area contributed by atoms with E-state index in [0.29, 0.717) is 24.0 Å². The number of hydrogen-bond acceptors (Lipinski definition) is 2. The van der Waals surface area contributed by atoms with Crippen molar-refractivity contribution in [1.29, 1.82) is 0 Å². The van der Waals surface area contributed by atoms with Gasteiger partial charge in [0, 0.05) is 17.6 Å². The molecule has 4 heteroatoms. The van der Waals surface area contributed by atoms with E-state index in [1.54, 1.807) is 10.7 Å². The summed E-state index contributed by atoms with van der Waals surface area (Å²) < 4.78 is 21.3. The molecule has 106 valence electrons. The Morgan fingerprint density at radius 1 is 1.19 bits per heavy atom. The highest BCUT2D eigenvalue weighted by Crippen LogP contribution is 2.30. The predicted molar refractivity (Wildman–Crippen MR) is 79.2 cm³/mol. The van der Waals surface area contributed by atoms with E-state index in [4.69, 9.17) is 4.74 Å². The molecule has 0 spiro atoms. The third-order valence-electron chi connectivity index (χ3n) is 3.77. The van der Waals surface area contributed by atoms with Crippen molar-refractivity contribution in [3.05, 3.63) is 54.5 Å². The lowest BCUT2D eigenvalue weighted by Crippen LogP contribution is -2.02. The van der Waals surface area contributed by atoms with Crippen LogP contribution in [0.25, 0.3) is 16.6 Å². The zero-order chi connectivity index (χ0) is 14.2.